The van der Waals surface area contributed by atoms with E-state index in [1.165, 1.54) is 6.42 Å². The monoisotopic (exact) mass is 226 g/mol. The fourth-order valence-electron chi connectivity index (χ4n) is 2.47. The predicted octanol–water partition coefficient (Wildman–Crippen LogP) is 1.88. The summed E-state index contributed by atoms with van der Waals surface area (Å²) in [5.41, 5.74) is 0.377. The Morgan fingerprint density at radius 3 is 2.56 bits per heavy atom. The Labute approximate surface area is 99.6 Å². The average Bonchev–Trinajstić information content (AvgIpc) is 2.41. The second kappa shape index (κ2) is 5.67. The number of carbonyl (C=O) groups is 1. The molecule has 3 heteroatoms. The second-order valence-corrected chi connectivity index (χ2v) is 5.90. The van der Waals surface area contributed by atoms with Gasteiger partial charge in [-0.1, -0.05) is 20.8 Å². The largest absolute Gasteiger partial charge is 0.342 e. The van der Waals surface area contributed by atoms with E-state index in [9.17, 15) is 4.79 Å². The van der Waals surface area contributed by atoms with Crippen molar-refractivity contribution < 1.29 is 4.79 Å². The molecule has 0 radical (unpaired) electrons. The minimum atomic E-state index is 0.247. The summed E-state index contributed by atoms with van der Waals surface area (Å²) < 4.78 is 0. The minimum absolute atomic E-state index is 0.247. The van der Waals surface area contributed by atoms with Crippen LogP contribution in [0, 0.1) is 11.3 Å². The molecule has 1 aliphatic heterocycles. The molecule has 1 N–H and O–H groups in total. The van der Waals surface area contributed by atoms with Gasteiger partial charge in [0.05, 0.1) is 6.54 Å². The van der Waals surface area contributed by atoms with E-state index in [4.69, 9.17) is 0 Å². The highest BCUT2D eigenvalue weighted by molar-refractivity contribution is 5.78. The van der Waals surface area contributed by atoms with Crippen LogP contribution in [0.4, 0.5) is 0 Å². The molecule has 1 rings (SSSR count). The summed E-state index contributed by atoms with van der Waals surface area (Å²) in [6, 6.07) is 0. The number of nitrogens with zero attached hydrogens (tertiary/aromatic N) is 1. The Hall–Kier alpha value is -0.570. The summed E-state index contributed by atoms with van der Waals surface area (Å²) in [6.45, 7) is 9.27. The van der Waals surface area contributed by atoms with Crippen LogP contribution in [0.3, 0.4) is 0 Å². The van der Waals surface area contributed by atoms with E-state index in [0.717, 1.165) is 31.8 Å². The van der Waals surface area contributed by atoms with Gasteiger partial charge in [0.25, 0.3) is 0 Å². The van der Waals surface area contributed by atoms with Crippen LogP contribution in [-0.2, 0) is 4.79 Å². The van der Waals surface area contributed by atoms with E-state index >= 15 is 0 Å². The fraction of sp³-hybridized carbons (Fsp3) is 0.923. The molecule has 0 saturated carbocycles. The molecule has 0 aromatic rings. The number of nitrogens with one attached hydrogen (secondary N) is 1. The summed E-state index contributed by atoms with van der Waals surface area (Å²) in [5.74, 6) is 0.997. The van der Waals surface area contributed by atoms with Crippen molar-refractivity contribution in [3.05, 3.63) is 0 Å². The van der Waals surface area contributed by atoms with Crippen LogP contribution >= 0.6 is 0 Å². The fourth-order valence-corrected chi connectivity index (χ4v) is 2.47. The SMILES string of the molecule is CNCC(=O)N1CCCC(C(C)(C)C)CC1. The quantitative estimate of drug-likeness (QED) is 0.780. The van der Waals surface area contributed by atoms with Crippen LogP contribution in [0.15, 0.2) is 0 Å². The van der Waals surface area contributed by atoms with Crippen LogP contribution in [-0.4, -0.2) is 37.5 Å². The Kier molecular flexibility index (Phi) is 4.78. The zero-order chi connectivity index (χ0) is 12.2. The molecule has 1 unspecified atom stereocenters. The lowest BCUT2D eigenvalue weighted by Gasteiger charge is -2.29. The third-order valence-electron chi connectivity index (χ3n) is 3.63. The maximum atomic E-state index is 11.8. The summed E-state index contributed by atoms with van der Waals surface area (Å²) in [4.78, 5) is 13.8. The average molecular weight is 226 g/mol. The molecular formula is C13H26N2O. The van der Waals surface area contributed by atoms with Crippen LogP contribution in [0.2, 0.25) is 0 Å². The van der Waals surface area contributed by atoms with Crippen molar-refractivity contribution >= 4 is 5.91 Å². The van der Waals surface area contributed by atoms with Crippen LogP contribution in [0.5, 0.6) is 0 Å². The zero-order valence-electron chi connectivity index (χ0n) is 11.2. The minimum Gasteiger partial charge on any atom is -0.342 e. The van der Waals surface area contributed by atoms with E-state index in [1.54, 1.807) is 0 Å². The van der Waals surface area contributed by atoms with Gasteiger partial charge in [-0.15, -0.1) is 0 Å². The molecule has 0 aromatic heterocycles. The van der Waals surface area contributed by atoms with Gasteiger partial charge in [-0.3, -0.25) is 4.79 Å². The molecule has 3 nitrogen and oxygen atoms in total. The first kappa shape index (κ1) is 13.5. The molecule has 1 aliphatic rings. The van der Waals surface area contributed by atoms with Gasteiger partial charge < -0.3 is 10.2 Å². The molecule has 1 atom stereocenters. The summed E-state index contributed by atoms with van der Waals surface area (Å²) in [6.07, 6.45) is 3.56. The molecule has 94 valence electrons. The molecule has 1 heterocycles. The van der Waals surface area contributed by atoms with E-state index in [2.05, 4.69) is 26.1 Å². The van der Waals surface area contributed by atoms with Crippen molar-refractivity contribution in [3.63, 3.8) is 0 Å². The highest BCUT2D eigenvalue weighted by atomic mass is 16.2. The van der Waals surface area contributed by atoms with E-state index in [0.29, 0.717) is 12.0 Å². The maximum absolute atomic E-state index is 11.8. The van der Waals surface area contributed by atoms with E-state index in [-0.39, 0.29) is 5.91 Å². The molecule has 1 saturated heterocycles. The van der Waals surface area contributed by atoms with Crippen LogP contribution in [0.1, 0.15) is 40.0 Å². The second-order valence-electron chi connectivity index (χ2n) is 5.90. The van der Waals surface area contributed by atoms with Gasteiger partial charge in [0.15, 0.2) is 0 Å². The first-order valence-corrected chi connectivity index (χ1v) is 6.37. The third-order valence-corrected chi connectivity index (χ3v) is 3.63. The molecular weight excluding hydrogens is 200 g/mol. The first-order chi connectivity index (χ1) is 7.45. The number of likely N-dealkylation sites (N-methyl/N-ethyl adjacent to an activating group) is 1. The lowest BCUT2D eigenvalue weighted by atomic mass is 9.77. The molecule has 16 heavy (non-hydrogen) atoms. The predicted molar refractivity (Wildman–Crippen MR) is 67.3 cm³/mol. The Bertz CT molecular complexity index is 233. The van der Waals surface area contributed by atoms with Crippen molar-refractivity contribution in [2.45, 2.75) is 40.0 Å². The first-order valence-electron chi connectivity index (χ1n) is 6.37. The maximum Gasteiger partial charge on any atom is 0.236 e. The molecule has 0 aliphatic carbocycles. The van der Waals surface area contributed by atoms with Gasteiger partial charge in [0.2, 0.25) is 5.91 Å². The smallest absolute Gasteiger partial charge is 0.236 e. The van der Waals surface area contributed by atoms with Crippen LogP contribution in [0.25, 0.3) is 0 Å². The van der Waals surface area contributed by atoms with E-state index < -0.39 is 0 Å². The van der Waals surface area contributed by atoms with Crippen molar-refractivity contribution in [2.75, 3.05) is 26.7 Å². The standard InChI is InChI=1S/C13H26N2O/c1-13(2,3)11-6-5-8-15(9-7-11)12(16)10-14-4/h11,14H,5-10H2,1-4H3. The Balaban J connectivity index is 2.49. The Morgan fingerprint density at radius 1 is 1.31 bits per heavy atom. The number of hydrogen-bond donors (Lipinski definition) is 1. The summed E-state index contributed by atoms with van der Waals surface area (Å²) >= 11 is 0. The molecule has 0 aromatic carbocycles. The van der Waals surface area contributed by atoms with Crippen LogP contribution < -0.4 is 5.32 Å². The summed E-state index contributed by atoms with van der Waals surface area (Å²) in [7, 11) is 1.83. The number of likely N-dealkylation sites (tertiary alicyclic amines) is 1. The molecule has 1 fully saturated rings. The lowest BCUT2D eigenvalue weighted by Crippen LogP contribution is -2.38. The Morgan fingerprint density at radius 2 is 2.00 bits per heavy atom. The van der Waals surface area contributed by atoms with Gasteiger partial charge in [-0.05, 0) is 37.6 Å². The number of carbonyl (C=O) groups excluding carboxylic acids is 1. The molecule has 0 spiro atoms. The number of amides is 1. The van der Waals surface area contributed by atoms with Gasteiger partial charge in [-0.2, -0.15) is 0 Å². The zero-order valence-corrected chi connectivity index (χ0v) is 11.2. The van der Waals surface area contributed by atoms with Crippen molar-refractivity contribution in [2.24, 2.45) is 11.3 Å². The lowest BCUT2D eigenvalue weighted by molar-refractivity contribution is -0.130. The van der Waals surface area contributed by atoms with Gasteiger partial charge in [0.1, 0.15) is 0 Å². The number of rotatable bonds is 2. The molecule has 1 amide bonds. The van der Waals surface area contributed by atoms with Gasteiger partial charge in [-0.25, -0.2) is 0 Å². The third kappa shape index (κ3) is 3.78. The van der Waals surface area contributed by atoms with Crippen molar-refractivity contribution in [1.82, 2.24) is 10.2 Å². The highest BCUT2D eigenvalue weighted by Crippen LogP contribution is 2.34. The van der Waals surface area contributed by atoms with Crippen molar-refractivity contribution in [3.8, 4) is 0 Å². The summed E-state index contributed by atoms with van der Waals surface area (Å²) in [5, 5.41) is 2.94. The topological polar surface area (TPSA) is 32.3 Å². The van der Waals surface area contributed by atoms with Crippen molar-refractivity contribution in [1.29, 1.82) is 0 Å². The number of hydrogen-bond acceptors (Lipinski definition) is 2. The van der Waals surface area contributed by atoms with Gasteiger partial charge >= 0.3 is 0 Å². The van der Waals surface area contributed by atoms with E-state index in [1.807, 2.05) is 11.9 Å². The van der Waals surface area contributed by atoms with Gasteiger partial charge in [0, 0.05) is 13.1 Å². The molecule has 0 bridgehead atoms. The highest BCUT2D eigenvalue weighted by Gasteiger charge is 2.28. The normalized spacial score (nSPS) is 23.0.